The maximum atomic E-state index is 5.55. The van der Waals surface area contributed by atoms with E-state index in [1.807, 2.05) is 13.1 Å². The van der Waals surface area contributed by atoms with Gasteiger partial charge in [-0.05, 0) is 31.5 Å². The predicted molar refractivity (Wildman–Crippen MR) is 75.2 cm³/mol. The molecular formula is C15H23NO3. The molecule has 106 valence electrons. The Morgan fingerprint density at radius 3 is 2.26 bits per heavy atom. The van der Waals surface area contributed by atoms with E-state index in [1.54, 1.807) is 21.3 Å². The summed E-state index contributed by atoms with van der Waals surface area (Å²) < 4.78 is 16.3. The Kier molecular flexibility index (Phi) is 4.53. The lowest BCUT2D eigenvalue weighted by Crippen LogP contribution is -2.18. The lowest BCUT2D eigenvalue weighted by molar-refractivity contribution is 0.318. The first-order valence-electron chi connectivity index (χ1n) is 6.71. The van der Waals surface area contributed by atoms with Crippen molar-refractivity contribution in [2.24, 2.45) is 5.92 Å². The third-order valence-electron chi connectivity index (χ3n) is 3.72. The Bertz CT molecular complexity index is 430. The maximum Gasteiger partial charge on any atom is 0.203 e. The average molecular weight is 265 g/mol. The highest BCUT2D eigenvalue weighted by molar-refractivity contribution is 5.56. The molecule has 1 aromatic carbocycles. The summed E-state index contributed by atoms with van der Waals surface area (Å²) in [5.74, 6) is 2.97. The van der Waals surface area contributed by atoms with Crippen LogP contribution in [0.2, 0.25) is 0 Å². The fourth-order valence-corrected chi connectivity index (χ4v) is 2.49. The molecule has 0 saturated heterocycles. The molecule has 0 amide bonds. The van der Waals surface area contributed by atoms with Crippen molar-refractivity contribution in [1.82, 2.24) is 5.32 Å². The highest BCUT2D eigenvalue weighted by atomic mass is 16.5. The van der Waals surface area contributed by atoms with Gasteiger partial charge in [-0.3, -0.25) is 0 Å². The van der Waals surface area contributed by atoms with Crippen molar-refractivity contribution in [3.8, 4) is 17.2 Å². The summed E-state index contributed by atoms with van der Waals surface area (Å²) in [4.78, 5) is 0. The van der Waals surface area contributed by atoms with Crippen LogP contribution < -0.4 is 19.5 Å². The van der Waals surface area contributed by atoms with Crippen LogP contribution in [-0.4, -0.2) is 28.4 Å². The quantitative estimate of drug-likeness (QED) is 0.823. The molecule has 0 heterocycles. The van der Waals surface area contributed by atoms with Gasteiger partial charge in [0, 0.05) is 11.6 Å². The number of nitrogens with one attached hydrogen (secondary N) is 1. The van der Waals surface area contributed by atoms with E-state index in [-0.39, 0.29) is 0 Å². The van der Waals surface area contributed by atoms with Crippen LogP contribution in [0.15, 0.2) is 12.1 Å². The topological polar surface area (TPSA) is 39.7 Å². The van der Waals surface area contributed by atoms with Crippen LogP contribution in [0.25, 0.3) is 0 Å². The monoisotopic (exact) mass is 265 g/mol. The fraction of sp³-hybridized carbons (Fsp3) is 0.600. The minimum absolute atomic E-state index is 0.294. The molecule has 1 saturated carbocycles. The smallest absolute Gasteiger partial charge is 0.203 e. The molecule has 1 N–H and O–H groups in total. The molecule has 0 radical (unpaired) electrons. The van der Waals surface area contributed by atoms with Crippen LogP contribution in [-0.2, 0) is 0 Å². The van der Waals surface area contributed by atoms with Gasteiger partial charge in [0.25, 0.3) is 0 Å². The fourth-order valence-electron chi connectivity index (χ4n) is 2.49. The number of rotatable bonds is 7. The summed E-state index contributed by atoms with van der Waals surface area (Å²) in [5.41, 5.74) is 1.13. The molecule has 0 bridgehead atoms. The second kappa shape index (κ2) is 6.15. The molecule has 0 spiro atoms. The average Bonchev–Trinajstić information content (AvgIpc) is 3.26. The van der Waals surface area contributed by atoms with E-state index in [9.17, 15) is 0 Å². The third-order valence-corrected chi connectivity index (χ3v) is 3.72. The van der Waals surface area contributed by atoms with Crippen molar-refractivity contribution < 1.29 is 14.2 Å². The molecule has 1 unspecified atom stereocenters. The zero-order valence-corrected chi connectivity index (χ0v) is 12.2. The van der Waals surface area contributed by atoms with Crippen molar-refractivity contribution in [1.29, 1.82) is 0 Å². The number of methoxy groups -OCH3 is 3. The van der Waals surface area contributed by atoms with Gasteiger partial charge >= 0.3 is 0 Å². The molecular weight excluding hydrogens is 242 g/mol. The van der Waals surface area contributed by atoms with E-state index in [0.717, 1.165) is 23.7 Å². The van der Waals surface area contributed by atoms with Crippen molar-refractivity contribution in [2.75, 3.05) is 28.4 Å². The summed E-state index contributed by atoms with van der Waals surface area (Å²) in [6.45, 7) is 0. The summed E-state index contributed by atoms with van der Waals surface area (Å²) in [5, 5.41) is 3.38. The summed E-state index contributed by atoms with van der Waals surface area (Å²) in [7, 11) is 6.93. The Balaban J connectivity index is 2.36. The first-order valence-corrected chi connectivity index (χ1v) is 6.71. The predicted octanol–water partition coefficient (Wildman–Crippen LogP) is 2.77. The zero-order chi connectivity index (χ0) is 13.8. The molecule has 1 aliphatic carbocycles. The zero-order valence-electron chi connectivity index (χ0n) is 12.2. The van der Waals surface area contributed by atoms with Gasteiger partial charge < -0.3 is 19.5 Å². The summed E-state index contributed by atoms with van der Waals surface area (Å²) >= 11 is 0. The molecule has 1 atom stereocenters. The SMILES string of the molecule is CNC(CC1CC1)c1ccc(OC)c(OC)c1OC. The molecule has 2 rings (SSSR count). The normalized spacial score (nSPS) is 16.0. The minimum Gasteiger partial charge on any atom is -0.493 e. The first-order chi connectivity index (χ1) is 9.24. The molecule has 4 nitrogen and oxygen atoms in total. The molecule has 4 heteroatoms. The van der Waals surface area contributed by atoms with Gasteiger partial charge in [-0.1, -0.05) is 12.8 Å². The Labute approximate surface area is 115 Å². The van der Waals surface area contributed by atoms with Crippen LogP contribution in [0, 0.1) is 5.92 Å². The lowest BCUT2D eigenvalue weighted by atomic mass is 9.99. The van der Waals surface area contributed by atoms with E-state index in [4.69, 9.17) is 14.2 Å². The van der Waals surface area contributed by atoms with Gasteiger partial charge in [-0.25, -0.2) is 0 Å². The largest absolute Gasteiger partial charge is 0.493 e. The van der Waals surface area contributed by atoms with Gasteiger partial charge in [0.05, 0.1) is 21.3 Å². The Hall–Kier alpha value is -1.42. The first kappa shape index (κ1) is 14.0. The van der Waals surface area contributed by atoms with Crippen LogP contribution in [0.1, 0.15) is 30.9 Å². The van der Waals surface area contributed by atoms with Gasteiger partial charge in [0.2, 0.25) is 5.75 Å². The Morgan fingerprint density at radius 1 is 1.11 bits per heavy atom. The molecule has 0 aromatic heterocycles. The second-order valence-corrected chi connectivity index (χ2v) is 4.94. The van der Waals surface area contributed by atoms with E-state index in [2.05, 4.69) is 11.4 Å². The van der Waals surface area contributed by atoms with E-state index in [0.29, 0.717) is 17.5 Å². The number of hydrogen-bond acceptors (Lipinski definition) is 4. The molecule has 0 aliphatic heterocycles. The van der Waals surface area contributed by atoms with Crippen LogP contribution in [0.4, 0.5) is 0 Å². The number of ether oxygens (including phenoxy) is 3. The molecule has 1 aromatic rings. The molecule has 1 aliphatic rings. The van der Waals surface area contributed by atoms with Crippen molar-refractivity contribution in [3.63, 3.8) is 0 Å². The van der Waals surface area contributed by atoms with Crippen LogP contribution in [0.5, 0.6) is 17.2 Å². The van der Waals surface area contributed by atoms with Gasteiger partial charge in [-0.2, -0.15) is 0 Å². The van der Waals surface area contributed by atoms with Crippen LogP contribution >= 0.6 is 0 Å². The molecule has 1 fully saturated rings. The molecule has 19 heavy (non-hydrogen) atoms. The maximum absolute atomic E-state index is 5.55. The van der Waals surface area contributed by atoms with Crippen LogP contribution in [0.3, 0.4) is 0 Å². The summed E-state index contributed by atoms with van der Waals surface area (Å²) in [6, 6.07) is 4.29. The Morgan fingerprint density at radius 2 is 1.79 bits per heavy atom. The van der Waals surface area contributed by atoms with E-state index >= 15 is 0 Å². The summed E-state index contributed by atoms with van der Waals surface area (Å²) in [6.07, 6.45) is 3.82. The second-order valence-electron chi connectivity index (χ2n) is 4.94. The minimum atomic E-state index is 0.294. The van der Waals surface area contributed by atoms with Gasteiger partial charge in [0.1, 0.15) is 0 Å². The standard InChI is InChI=1S/C15H23NO3/c1-16-12(9-10-5-6-10)11-7-8-13(17-2)15(19-4)14(11)18-3/h7-8,10,12,16H,5-6,9H2,1-4H3. The van der Waals surface area contributed by atoms with Crippen molar-refractivity contribution >= 4 is 0 Å². The highest BCUT2D eigenvalue weighted by Crippen LogP contribution is 2.45. The van der Waals surface area contributed by atoms with Crippen molar-refractivity contribution in [2.45, 2.75) is 25.3 Å². The van der Waals surface area contributed by atoms with Gasteiger partial charge in [0.15, 0.2) is 11.5 Å². The van der Waals surface area contributed by atoms with E-state index in [1.165, 1.54) is 12.8 Å². The van der Waals surface area contributed by atoms with E-state index < -0.39 is 0 Å². The number of hydrogen-bond donors (Lipinski definition) is 1. The lowest BCUT2D eigenvalue weighted by Gasteiger charge is -2.22. The van der Waals surface area contributed by atoms with Gasteiger partial charge in [-0.15, -0.1) is 0 Å². The number of benzene rings is 1. The highest BCUT2D eigenvalue weighted by Gasteiger charge is 2.28. The van der Waals surface area contributed by atoms with Crippen molar-refractivity contribution in [3.05, 3.63) is 17.7 Å². The third kappa shape index (κ3) is 2.95.